The summed E-state index contributed by atoms with van der Waals surface area (Å²) < 4.78 is 0. The van der Waals surface area contributed by atoms with E-state index in [1.807, 2.05) is 0 Å². The van der Waals surface area contributed by atoms with Crippen LogP contribution in [0.1, 0.15) is 52.9 Å². The lowest BCUT2D eigenvalue weighted by molar-refractivity contribution is 0.191. The molecule has 0 bridgehead atoms. The second-order valence-corrected chi connectivity index (χ2v) is 5.43. The van der Waals surface area contributed by atoms with Gasteiger partial charge in [-0.3, -0.25) is 0 Å². The van der Waals surface area contributed by atoms with Gasteiger partial charge in [0, 0.05) is 18.5 Å². The molecule has 2 unspecified atom stereocenters. The normalized spacial score (nSPS) is 28.0. The molecule has 0 saturated heterocycles. The third kappa shape index (κ3) is 3.72. The van der Waals surface area contributed by atoms with E-state index >= 15 is 0 Å². The summed E-state index contributed by atoms with van der Waals surface area (Å²) in [6, 6.07) is 1.15. The van der Waals surface area contributed by atoms with Crippen molar-refractivity contribution in [1.29, 1.82) is 0 Å². The van der Waals surface area contributed by atoms with Crippen molar-refractivity contribution in [3.05, 3.63) is 0 Å². The molecule has 1 nitrogen and oxygen atoms in total. The summed E-state index contributed by atoms with van der Waals surface area (Å²) in [5.74, 6) is 2.72. The molecule has 0 radical (unpaired) electrons. The smallest absolute Gasteiger partial charge is 0.0238 e. The summed E-state index contributed by atoms with van der Waals surface area (Å²) in [5, 5.41) is 3.63. The van der Waals surface area contributed by atoms with Crippen LogP contribution in [0.5, 0.6) is 0 Å². The van der Waals surface area contributed by atoms with Gasteiger partial charge in [-0.25, -0.2) is 0 Å². The maximum atomic E-state index is 5.30. The molecule has 80 valence electrons. The summed E-state index contributed by atoms with van der Waals surface area (Å²) in [4.78, 5) is 0. The minimum Gasteiger partial charge on any atom is -0.311 e. The van der Waals surface area contributed by atoms with Gasteiger partial charge >= 0.3 is 0 Å². The van der Waals surface area contributed by atoms with Gasteiger partial charge in [0.1, 0.15) is 0 Å². The van der Waals surface area contributed by atoms with Crippen LogP contribution in [0.4, 0.5) is 0 Å². The molecule has 0 spiro atoms. The molecule has 1 heteroatoms. The van der Waals surface area contributed by atoms with Gasteiger partial charge in [0.2, 0.25) is 0 Å². The van der Waals surface area contributed by atoms with E-state index in [9.17, 15) is 0 Å². The minimum absolute atomic E-state index is 0.471. The van der Waals surface area contributed by atoms with E-state index in [2.05, 4.69) is 32.0 Å². The van der Waals surface area contributed by atoms with Crippen LogP contribution < -0.4 is 5.32 Å². The molecule has 0 aromatic rings. The first-order valence-corrected chi connectivity index (χ1v) is 5.73. The molecule has 0 heterocycles. The lowest BCUT2D eigenvalue weighted by Crippen LogP contribution is -2.41. The van der Waals surface area contributed by atoms with Crippen molar-refractivity contribution in [1.82, 2.24) is 5.32 Å². The van der Waals surface area contributed by atoms with Crippen LogP contribution in [-0.2, 0) is 0 Å². The highest BCUT2D eigenvalue weighted by atomic mass is 14.9. The van der Waals surface area contributed by atoms with Crippen molar-refractivity contribution in [3.8, 4) is 12.3 Å². The Morgan fingerprint density at radius 2 is 2.29 bits per heavy atom. The van der Waals surface area contributed by atoms with Crippen LogP contribution in [-0.4, -0.2) is 12.1 Å². The van der Waals surface area contributed by atoms with Crippen LogP contribution in [0.2, 0.25) is 0 Å². The van der Waals surface area contributed by atoms with E-state index in [1.54, 1.807) is 0 Å². The van der Waals surface area contributed by atoms with Gasteiger partial charge in [-0.05, 0) is 31.6 Å². The topological polar surface area (TPSA) is 12.0 Å². The highest BCUT2D eigenvalue weighted by molar-refractivity contribution is 4.91. The molecule has 1 fully saturated rings. The Bertz CT molecular complexity index is 212. The van der Waals surface area contributed by atoms with E-state index < -0.39 is 0 Å². The largest absolute Gasteiger partial charge is 0.311 e. The van der Waals surface area contributed by atoms with Crippen molar-refractivity contribution in [3.63, 3.8) is 0 Å². The molecule has 0 aromatic carbocycles. The number of terminal acetylenes is 1. The summed E-state index contributed by atoms with van der Waals surface area (Å²) in [7, 11) is 0. The Labute approximate surface area is 88.7 Å². The predicted octanol–water partition coefficient (Wildman–Crippen LogP) is 2.96. The Morgan fingerprint density at radius 3 is 2.86 bits per heavy atom. The van der Waals surface area contributed by atoms with Crippen LogP contribution in [0.3, 0.4) is 0 Å². The first kappa shape index (κ1) is 11.6. The average Bonchev–Trinajstić information content (AvgIpc) is 2.02. The van der Waals surface area contributed by atoms with Crippen molar-refractivity contribution in [2.75, 3.05) is 0 Å². The van der Waals surface area contributed by atoms with E-state index in [0.29, 0.717) is 17.5 Å². The molecule has 0 aliphatic heterocycles. The van der Waals surface area contributed by atoms with Crippen LogP contribution in [0.25, 0.3) is 0 Å². The van der Waals surface area contributed by atoms with Crippen molar-refractivity contribution >= 4 is 0 Å². The quantitative estimate of drug-likeness (QED) is 0.680. The summed E-state index contributed by atoms with van der Waals surface area (Å²) in [5.41, 5.74) is 0.520. The fraction of sp³-hybridized carbons (Fsp3) is 0.846. The van der Waals surface area contributed by atoms with Gasteiger partial charge in [0.05, 0.1) is 0 Å². The first-order valence-electron chi connectivity index (χ1n) is 5.73. The zero-order valence-corrected chi connectivity index (χ0v) is 9.77. The van der Waals surface area contributed by atoms with Crippen LogP contribution >= 0.6 is 0 Å². The molecule has 1 aliphatic rings. The van der Waals surface area contributed by atoms with Gasteiger partial charge in [-0.1, -0.05) is 20.3 Å². The SMILES string of the molecule is C#CCC(C)NC1CCCC(C)(C)C1. The zero-order chi connectivity index (χ0) is 10.6. The van der Waals surface area contributed by atoms with Crippen molar-refractivity contribution in [2.24, 2.45) is 5.41 Å². The average molecular weight is 193 g/mol. The lowest BCUT2D eigenvalue weighted by atomic mass is 9.75. The van der Waals surface area contributed by atoms with E-state index in [0.717, 1.165) is 6.42 Å². The molecular weight excluding hydrogens is 170 g/mol. The van der Waals surface area contributed by atoms with Crippen molar-refractivity contribution < 1.29 is 0 Å². The molecule has 1 rings (SSSR count). The van der Waals surface area contributed by atoms with E-state index in [4.69, 9.17) is 6.42 Å². The van der Waals surface area contributed by atoms with Gasteiger partial charge in [-0.15, -0.1) is 12.3 Å². The van der Waals surface area contributed by atoms with Crippen molar-refractivity contribution in [2.45, 2.75) is 65.0 Å². The predicted molar refractivity (Wildman–Crippen MR) is 62.1 cm³/mol. The standard InChI is InChI=1S/C13H23N/c1-5-7-11(2)14-12-8-6-9-13(3,4)10-12/h1,11-12,14H,6-10H2,2-4H3. The Balaban J connectivity index is 2.35. The maximum Gasteiger partial charge on any atom is 0.0238 e. The Morgan fingerprint density at radius 1 is 1.57 bits per heavy atom. The van der Waals surface area contributed by atoms with Gasteiger partial charge in [0.25, 0.3) is 0 Å². The Kier molecular flexibility index (Phi) is 4.01. The van der Waals surface area contributed by atoms with Gasteiger partial charge < -0.3 is 5.32 Å². The van der Waals surface area contributed by atoms with Gasteiger partial charge in [-0.2, -0.15) is 0 Å². The molecule has 0 aromatic heterocycles. The molecule has 1 N–H and O–H groups in total. The molecule has 14 heavy (non-hydrogen) atoms. The number of hydrogen-bond donors (Lipinski definition) is 1. The maximum absolute atomic E-state index is 5.30. The number of rotatable bonds is 3. The first-order chi connectivity index (χ1) is 6.53. The number of hydrogen-bond acceptors (Lipinski definition) is 1. The van der Waals surface area contributed by atoms with Crippen LogP contribution in [0.15, 0.2) is 0 Å². The molecule has 1 aliphatic carbocycles. The zero-order valence-electron chi connectivity index (χ0n) is 9.77. The molecule has 0 amide bonds. The molecule has 1 saturated carbocycles. The third-order valence-corrected chi connectivity index (χ3v) is 3.15. The number of nitrogens with one attached hydrogen (secondary N) is 1. The molecule has 2 atom stereocenters. The monoisotopic (exact) mass is 193 g/mol. The highest BCUT2D eigenvalue weighted by Crippen LogP contribution is 2.35. The van der Waals surface area contributed by atoms with E-state index in [1.165, 1.54) is 25.7 Å². The minimum atomic E-state index is 0.471. The summed E-state index contributed by atoms with van der Waals surface area (Å²) in [6.07, 6.45) is 11.5. The summed E-state index contributed by atoms with van der Waals surface area (Å²) in [6.45, 7) is 6.92. The fourth-order valence-corrected chi connectivity index (χ4v) is 2.48. The lowest BCUT2D eigenvalue weighted by Gasteiger charge is -2.36. The Hall–Kier alpha value is -0.480. The molecular formula is C13H23N. The fourth-order valence-electron chi connectivity index (χ4n) is 2.48. The second kappa shape index (κ2) is 4.84. The second-order valence-electron chi connectivity index (χ2n) is 5.43. The third-order valence-electron chi connectivity index (χ3n) is 3.15. The summed E-state index contributed by atoms with van der Waals surface area (Å²) >= 11 is 0. The van der Waals surface area contributed by atoms with Crippen LogP contribution in [0, 0.1) is 17.8 Å². The highest BCUT2D eigenvalue weighted by Gasteiger charge is 2.28. The van der Waals surface area contributed by atoms with E-state index in [-0.39, 0.29) is 0 Å². The van der Waals surface area contributed by atoms with Gasteiger partial charge in [0.15, 0.2) is 0 Å².